The first-order valence-corrected chi connectivity index (χ1v) is 10.4. The summed E-state index contributed by atoms with van der Waals surface area (Å²) in [6.07, 6.45) is 2.82. The van der Waals surface area contributed by atoms with E-state index in [-0.39, 0.29) is 5.41 Å². The second-order valence-corrected chi connectivity index (χ2v) is 9.81. The number of benzene rings is 1. The Kier molecular flexibility index (Phi) is 4.61. The molecule has 1 fully saturated rings. The lowest BCUT2D eigenvalue weighted by molar-refractivity contribution is 0.108. The number of hydrogen-bond donors (Lipinski definition) is 3. The van der Waals surface area contributed by atoms with Crippen molar-refractivity contribution < 1.29 is 5.11 Å². The van der Waals surface area contributed by atoms with E-state index in [4.69, 9.17) is 0 Å². The van der Waals surface area contributed by atoms with Crippen LogP contribution in [0.15, 0.2) is 36.5 Å². The zero-order valence-corrected chi connectivity index (χ0v) is 18.2. The molecule has 0 aliphatic carbocycles. The Labute approximate surface area is 172 Å². The topological polar surface area (TPSA) is 67.9 Å². The average molecular weight is 393 g/mol. The van der Waals surface area contributed by atoms with Crippen LogP contribution in [0, 0.1) is 12.3 Å². The summed E-state index contributed by atoms with van der Waals surface area (Å²) in [5.74, 6) is 0. The number of aromatic nitrogens is 3. The van der Waals surface area contributed by atoms with Crippen LogP contribution in [0.4, 0.5) is 5.69 Å². The zero-order chi connectivity index (χ0) is 21.0. The number of nitrogens with zero attached hydrogens (tertiary/aromatic N) is 2. The van der Waals surface area contributed by atoms with E-state index in [0.717, 1.165) is 58.8 Å². The molecular weight excluding hydrogens is 360 g/mol. The van der Waals surface area contributed by atoms with Gasteiger partial charge in [-0.2, -0.15) is 5.10 Å². The summed E-state index contributed by atoms with van der Waals surface area (Å²) < 4.78 is 0. The molecule has 3 N–H and O–H groups in total. The molecule has 1 aliphatic rings. The Hall–Kier alpha value is -2.53. The Morgan fingerprint density at radius 2 is 2.03 bits per heavy atom. The van der Waals surface area contributed by atoms with E-state index in [1.165, 1.54) is 5.56 Å². The van der Waals surface area contributed by atoms with Crippen molar-refractivity contribution in [3.63, 3.8) is 0 Å². The maximum Gasteiger partial charge on any atom is 0.112 e. The van der Waals surface area contributed by atoms with Crippen molar-refractivity contribution in [1.29, 1.82) is 0 Å². The fourth-order valence-electron chi connectivity index (χ4n) is 4.08. The predicted octanol–water partition coefficient (Wildman–Crippen LogP) is 5.32. The maximum atomic E-state index is 10.4. The molecule has 1 aromatic carbocycles. The highest BCUT2D eigenvalue weighted by atomic mass is 16.3. The first kappa shape index (κ1) is 19.8. The minimum absolute atomic E-state index is 0.287. The first-order chi connectivity index (χ1) is 13.5. The maximum absolute atomic E-state index is 10.4. The van der Waals surface area contributed by atoms with E-state index in [9.17, 15) is 5.11 Å². The SMILES string of the molecule is C=C1N(c2ccc3cc(-c4n[nH]c(C)c4CCC(C)(C)C)[nH]c3c2)CCC1(C)O. The molecule has 5 nitrogen and oxygen atoms in total. The van der Waals surface area contributed by atoms with Crippen LogP contribution in [0.1, 0.15) is 51.8 Å². The lowest BCUT2D eigenvalue weighted by Crippen LogP contribution is -2.26. The molecule has 0 bridgehead atoms. The van der Waals surface area contributed by atoms with Gasteiger partial charge in [0.25, 0.3) is 0 Å². The van der Waals surface area contributed by atoms with Gasteiger partial charge in [-0.3, -0.25) is 5.10 Å². The number of nitrogens with one attached hydrogen (secondary N) is 2. The zero-order valence-electron chi connectivity index (χ0n) is 18.2. The van der Waals surface area contributed by atoms with Crippen molar-refractivity contribution in [1.82, 2.24) is 15.2 Å². The molecule has 29 heavy (non-hydrogen) atoms. The van der Waals surface area contributed by atoms with Gasteiger partial charge in [-0.1, -0.05) is 33.4 Å². The minimum Gasteiger partial charge on any atom is -0.384 e. The normalized spacial score (nSPS) is 20.2. The molecule has 2 aromatic heterocycles. The van der Waals surface area contributed by atoms with Gasteiger partial charge in [0.2, 0.25) is 0 Å². The van der Waals surface area contributed by atoms with E-state index >= 15 is 0 Å². The molecule has 5 heteroatoms. The number of aromatic amines is 2. The van der Waals surface area contributed by atoms with Gasteiger partial charge < -0.3 is 15.0 Å². The van der Waals surface area contributed by atoms with Crippen molar-refractivity contribution >= 4 is 16.6 Å². The summed E-state index contributed by atoms with van der Waals surface area (Å²) in [5, 5.41) is 19.4. The number of H-pyrrole nitrogens is 2. The number of aliphatic hydroxyl groups is 1. The number of aryl methyl sites for hydroxylation is 1. The molecule has 0 spiro atoms. The van der Waals surface area contributed by atoms with E-state index in [1.54, 1.807) is 0 Å². The third kappa shape index (κ3) is 3.71. The van der Waals surface area contributed by atoms with Crippen molar-refractivity contribution in [3.8, 4) is 11.4 Å². The van der Waals surface area contributed by atoms with Crippen molar-refractivity contribution in [2.24, 2.45) is 5.41 Å². The van der Waals surface area contributed by atoms with Crippen LogP contribution in [-0.4, -0.2) is 32.4 Å². The Balaban J connectivity index is 1.67. The number of rotatable bonds is 4. The largest absolute Gasteiger partial charge is 0.384 e. The standard InChI is InChI=1S/C24H32N4O/c1-15-19(9-10-23(3,4)5)22(27-26-15)21-13-17-7-8-18(14-20(17)25-21)28-12-11-24(6,29)16(28)2/h7-8,13-14,25,29H,2,9-12H2,1,3-6H3,(H,26,27). The monoisotopic (exact) mass is 392 g/mol. The van der Waals surface area contributed by atoms with Gasteiger partial charge in [0.05, 0.1) is 5.69 Å². The Bertz CT molecular complexity index is 1060. The van der Waals surface area contributed by atoms with E-state index in [2.05, 4.69) is 78.6 Å². The van der Waals surface area contributed by atoms with Gasteiger partial charge in [-0.15, -0.1) is 0 Å². The summed E-state index contributed by atoms with van der Waals surface area (Å²) in [7, 11) is 0. The van der Waals surface area contributed by atoms with Crippen LogP contribution in [-0.2, 0) is 6.42 Å². The molecule has 0 amide bonds. The molecule has 3 aromatic rings. The van der Waals surface area contributed by atoms with Crippen LogP contribution in [0.25, 0.3) is 22.3 Å². The van der Waals surface area contributed by atoms with Crippen LogP contribution in [0.5, 0.6) is 0 Å². The molecule has 1 saturated heterocycles. The van der Waals surface area contributed by atoms with Crippen LogP contribution >= 0.6 is 0 Å². The lowest BCUT2D eigenvalue weighted by Gasteiger charge is -2.24. The molecule has 1 aliphatic heterocycles. The quantitative estimate of drug-likeness (QED) is 0.563. The predicted molar refractivity (Wildman–Crippen MR) is 120 cm³/mol. The van der Waals surface area contributed by atoms with E-state index in [1.807, 2.05) is 6.92 Å². The number of anilines is 1. The van der Waals surface area contributed by atoms with Crippen LogP contribution in [0.2, 0.25) is 0 Å². The fourth-order valence-corrected chi connectivity index (χ4v) is 4.08. The number of hydrogen-bond acceptors (Lipinski definition) is 3. The second-order valence-electron chi connectivity index (χ2n) is 9.81. The highest BCUT2D eigenvalue weighted by Gasteiger charge is 2.36. The highest BCUT2D eigenvalue weighted by molar-refractivity contribution is 5.88. The van der Waals surface area contributed by atoms with Gasteiger partial charge in [0.15, 0.2) is 0 Å². The summed E-state index contributed by atoms with van der Waals surface area (Å²) in [6, 6.07) is 8.53. The Morgan fingerprint density at radius 3 is 2.69 bits per heavy atom. The van der Waals surface area contributed by atoms with Gasteiger partial charge in [-0.05, 0) is 56.7 Å². The van der Waals surface area contributed by atoms with E-state index < -0.39 is 5.60 Å². The fraction of sp³-hybridized carbons (Fsp3) is 0.458. The summed E-state index contributed by atoms with van der Waals surface area (Å²) in [4.78, 5) is 5.67. The van der Waals surface area contributed by atoms with E-state index in [0.29, 0.717) is 6.42 Å². The molecule has 3 heterocycles. The van der Waals surface area contributed by atoms with Gasteiger partial charge in [0, 0.05) is 40.1 Å². The second kappa shape index (κ2) is 6.77. The van der Waals surface area contributed by atoms with Gasteiger partial charge in [-0.25, -0.2) is 0 Å². The molecule has 0 saturated carbocycles. The summed E-state index contributed by atoms with van der Waals surface area (Å²) in [6.45, 7) is 15.6. The summed E-state index contributed by atoms with van der Waals surface area (Å²) in [5.41, 5.74) is 6.82. The smallest absolute Gasteiger partial charge is 0.112 e. The first-order valence-electron chi connectivity index (χ1n) is 10.4. The van der Waals surface area contributed by atoms with Crippen LogP contribution in [0.3, 0.4) is 0 Å². The highest BCUT2D eigenvalue weighted by Crippen LogP contribution is 2.37. The third-order valence-corrected chi connectivity index (χ3v) is 6.14. The molecular formula is C24H32N4O. The number of fused-ring (bicyclic) bond motifs is 1. The van der Waals surface area contributed by atoms with Crippen molar-refractivity contribution in [3.05, 3.63) is 47.8 Å². The van der Waals surface area contributed by atoms with Crippen molar-refractivity contribution in [2.45, 2.75) is 59.5 Å². The molecule has 4 rings (SSSR count). The molecule has 1 atom stereocenters. The lowest BCUT2D eigenvalue weighted by atomic mass is 9.88. The Morgan fingerprint density at radius 1 is 1.28 bits per heavy atom. The molecule has 0 radical (unpaired) electrons. The average Bonchev–Trinajstić information content (AvgIpc) is 3.28. The third-order valence-electron chi connectivity index (χ3n) is 6.14. The van der Waals surface area contributed by atoms with Crippen molar-refractivity contribution in [2.75, 3.05) is 11.4 Å². The molecule has 154 valence electrons. The van der Waals surface area contributed by atoms with Gasteiger partial charge in [0.1, 0.15) is 11.3 Å². The van der Waals surface area contributed by atoms with Crippen LogP contribution < -0.4 is 4.90 Å². The van der Waals surface area contributed by atoms with Gasteiger partial charge >= 0.3 is 0 Å². The summed E-state index contributed by atoms with van der Waals surface area (Å²) >= 11 is 0. The minimum atomic E-state index is -0.829. The molecule has 1 unspecified atom stereocenters.